The van der Waals surface area contributed by atoms with Gasteiger partial charge in [-0.25, -0.2) is 9.18 Å². The Morgan fingerprint density at radius 1 is 1.14 bits per heavy atom. The summed E-state index contributed by atoms with van der Waals surface area (Å²) in [6.45, 7) is 3.75. The molecular weight excluding hydrogens is 479 g/mol. The molecule has 0 spiro atoms. The SMILES string of the molecule is CC(=O)NC[C@H]1CN(c2ccc(N3CCN(C(=O)CCC#Cc4ccc(O)cc4)CC3)c(F)c2)C(=O)O1. The van der Waals surface area contributed by atoms with Crippen molar-refractivity contribution in [2.45, 2.75) is 25.9 Å². The standard InChI is InChI=1S/C27H29FN4O5/c1-19(33)29-17-23-18-32(27(36)37-23)21-8-11-25(24(28)16-21)30-12-14-31(15-13-30)26(35)5-3-2-4-20-6-9-22(34)10-7-20/h6-11,16,23,34H,3,5,12-15,17-18H2,1H3,(H,29,33)/t23-/m0/s1. The molecule has 10 heteroatoms. The van der Waals surface area contributed by atoms with Crippen molar-refractivity contribution in [3.63, 3.8) is 0 Å². The third kappa shape index (κ3) is 6.70. The largest absolute Gasteiger partial charge is 0.508 e. The van der Waals surface area contributed by atoms with Gasteiger partial charge in [-0.1, -0.05) is 11.8 Å². The van der Waals surface area contributed by atoms with E-state index in [2.05, 4.69) is 17.2 Å². The molecule has 0 unspecified atom stereocenters. The molecule has 0 radical (unpaired) electrons. The van der Waals surface area contributed by atoms with Crippen molar-refractivity contribution in [1.29, 1.82) is 0 Å². The van der Waals surface area contributed by atoms with Crippen LogP contribution in [0.2, 0.25) is 0 Å². The molecule has 2 heterocycles. The molecule has 2 N–H and O–H groups in total. The molecular formula is C27H29FN4O5. The van der Waals surface area contributed by atoms with E-state index in [1.54, 1.807) is 41.3 Å². The summed E-state index contributed by atoms with van der Waals surface area (Å²) in [6, 6.07) is 11.2. The molecule has 2 aromatic carbocycles. The molecule has 2 aromatic rings. The number of hydrogen-bond acceptors (Lipinski definition) is 6. The van der Waals surface area contributed by atoms with Gasteiger partial charge in [-0.2, -0.15) is 0 Å². The first-order valence-electron chi connectivity index (χ1n) is 12.1. The van der Waals surface area contributed by atoms with E-state index < -0.39 is 18.0 Å². The summed E-state index contributed by atoms with van der Waals surface area (Å²) < 4.78 is 20.2. The topological polar surface area (TPSA) is 102 Å². The van der Waals surface area contributed by atoms with Gasteiger partial charge >= 0.3 is 6.09 Å². The smallest absolute Gasteiger partial charge is 0.414 e. The zero-order chi connectivity index (χ0) is 26.4. The maximum atomic E-state index is 15.0. The van der Waals surface area contributed by atoms with Crippen LogP contribution in [0.15, 0.2) is 42.5 Å². The van der Waals surface area contributed by atoms with Gasteiger partial charge in [-0.05, 0) is 42.5 Å². The number of nitrogens with one attached hydrogen (secondary N) is 1. The molecule has 0 aliphatic carbocycles. The Balaban J connectivity index is 1.26. The molecule has 2 saturated heterocycles. The third-order valence-electron chi connectivity index (χ3n) is 6.23. The number of ether oxygens (including phenoxy) is 1. The Labute approximate surface area is 214 Å². The van der Waals surface area contributed by atoms with Crippen molar-refractivity contribution < 1.29 is 28.6 Å². The highest BCUT2D eigenvalue weighted by atomic mass is 19.1. The molecule has 194 valence electrons. The lowest BCUT2D eigenvalue weighted by Crippen LogP contribution is -2.49. The van der Waals surface area contributed by atoms with Crippen LogP contribution in [0.3, 0.4) is 0 Å². The number of benzene rings is 2. The molecule has 2 aliphatic rings. The average molecular weight is 509 g/mol. The Bertz CT molecular complexity index is 1220. The van der Waals surface area contributed by atoms with Gasteiger partial charge in [0.25, 0.3) is 0 Å². The van der Waals surface area contributed by atoms with Crippen molar-refractivity contribution >= 4 is 29.3 Å². The maximum absolute atomic E-state index is 15.0. The van der Waals surface area contributed by atoms with E-state index in [0.29, 0.717) is 50.4 Å². The first-order valence-corrected chi connectivity index (χ1v) is 12.1. The second-order valence-corrected chi connectivity index (χ2v) is 8.91. The van der Waals surface area contributed by atoms with Crippen molar-refractivity contribution in [3.8, 4) is 17.6 Å². The fourth-order valence-corrected chi connectivity index (χ4v) is 4.25. The van der Waals surface area contributed by atoms with Gasteiger partial charge in [0.1, 0.15) is 17.7 Å². The fourth-order valence-electron chi connectivity index (χ4n) is 4.25. The minimum Gasteiger partial charge on any atom is -0.508 e. The van der Waals surface area contributed by atoms with E-state index >= 15 is 4.39 Å². The van der Waals surface area contributed by atoms with Gasteiger partial charge in [0.2, 0.25) is 11.8 Å². The Kier molecular flexibility index (Phi) is 8.13. The maximum Gasteiger partial charge on any atom is 0.414 e. The second-order valence-electron chi connectivity index (χ2n) is 8.91. The van der Waals surface area contributed by atoms with E-state index in [-0.39, 0.29) is 30.7 Å². The van der Waals surface area contributed by atoms with Crippen LogP contribution >= 0.6 is 0 Å². The molecule has 1 atom stereocenters. The molecule has 0 aromatic heterocycles. The number of phenolic OH excluding ortho intramolecular Hbond substituents is 1. The number of amides is 3. The fraction of sp³-hybridized carbons (Fsp3) is 0.370. The van der Waals surface area contributed by atoms with Crippen molar-refractivity contribution in [3.05, 3.63) is 53.8 Å². The van der Waals surface area contributed by atoms with Crippen LogP contribution in [-0.4, -0.2) is 73.3 Å². The summed E-state index contributed by atoms with van der Waals surface area (Å²) in [5.74, 6) is 5.48. The van der Waals surface area contributed by atoms with Crippen molar-refractivity contribution in [2.24, 2.45) is 0 Å². The zero-order valence-electron chi connectivity index (χ0n) is 20.6. The number of piperazine rings is 1. The molecule has 3 amide bonds. The summed E-state index contributed by atoms with van der Waals surface area (Å²) in [5, 5.41) is 11.9. The first kappa shape index (κ1) is 25.8. The number of rotatable bonds is 6. The summed E-state index contributed by atoms with van der Waals surface area (Å²) >= 11 is 0. The highest BCUT2D eigenvalue weighted by Crippen LogP contribution is 2.28. The first-order chi connectivity index (χ1) is 17.8. The van der Waals surface area contributed by atoms with Gasteiger partial charge in [0.15, 0.2) is 0 Å². The van der Waals surface area contributed by atoms with E-state index in [0.717, 1.165) is 5.56 Å². The van der Waals surface area contributed by atoms with Gasteiger partial charge in [0, 0.05) is 51.5 Å². The zero-order valence-corrected chi connectivity index (χ0v) is 20.6. The number of carbonyl (C=O) groups is 3. The van der Waals surface area contributed by atoms with Gasteiger partial charge in [-0.15, -0.1) is 0 Å². The number of nitrogens with zero attached hydrogens (tertiary/aromatic N) is 3. The molecule has 9 nitrogen and oxygen atoms in total. The van der Waals surface area contributed by atoms with E-state index in [4.69, 9.17) is 4.74 Å². The summed E-state index contributed by atoms with van der Waals surface area (Å²) in [4.78, 5) is 40.9. The Hall–Kier alpha value is -4.26. The molecule has 0 bridgehead atoms. The highest BCUT2D eigenvalue weighted by molar-refractivity contribution is 5.90. The van der Waals surface area contributed by atoms with Gasteiger partial charge < -0.3 is 25.0 Å². The monoisotopic (exact) mass is 508 g/mol. The van der Waals surface area contributed by atoms with Crippen LogP contribution < -0.4 is 15.1 Å². The molecule has 37 heavy (non-hydrogen) atoms. The predicted octanol–water partition coefficient (Wildman–Crippen LogP) is 2.47. The minimum atomic E-state index is -0.581. The summed E-state index contributed by atoms with van der Waals surface area (Å²) in [7, 11) is 0. The Morgan fingerprint density at radius 2 is 1.86 bits per heavy atom. The van der Waals surface area contributed by atoms with E-state index in [9.17, 15) is 19.5 Å². The van der Waals surface area contributed by atoms with Crippen LogP contribution in [0.1, 0.15) is 25.3 Å². The van der Waals surface area contributed by atoms with Crippen LogP contribution in [0.5, 0.6) is 5.75 Å². The number of carbonyl (C=O) groups excluding carboxylic acids is 3. The molecule has 2 aliphatic heterocycles. The van der Waals surface area contributed by atoms with Crippen molar-refractivity contribution in [1.82, 2.24) is 10.2 Å². The minimum absolute atomic E-state index is 0.0110. The average Bonchev–Trinajstić information content (AvgIpc) is 3.27. The third-order valence-corrected chi connectivity index (χ3v) is 6.23. The van der Waals surface area contributed by atoms with E-state index in [1.807, 2.05) is 4.90 Å². The number of aromatic hydroxyl groups is 1. The normalized spacial score (nSPS) is 17.2. The number of anilines is 2. The second kappa shape index (κ2) is 11.6. The van der Waals surface area contributed by atoms with Crippen molar-refractivity contribution in [2.75, 3.05) is 49.1 Å². The quantitative estimate of drug-likeness (QED) is 0.582. The van der Waals surface area contributed by atoms with Crippen LogP contribution in [-0.2, 0) is 14.3 Å². The van der Waals surface area contributed by atoms with Crippen LogP contribution in [0.4, 0.5) is 20.6 Å². The highest BCUT2D eigenvalue weighted by Gasteiger charge is 2.33. The Morgan fingerprint density at radius 3 is 2.54 bits per heavy atom. The number of halogens is 1. The molecule has 4 rings (SSSR count). The summed E-state index contributed by atoms with van der Waals surface area (Å²) in [6.07, 6.45) is -0.338. The number of cyclic esters (lactones) is 1. The van der Waals surface area contributed by atoms with Gasteiger partial charge in [0.05, 0.1) is 24.5 Å². The van der Waals surface area contributed by atoms with Crippen LogP contribution in [0, 0.1) is 17.7 Å². The summed E-state index contributed by atoms with van der Waals surface area (Å²) in [5.41, 5.74) is 1.58. The van der Waals surface area contributed by atoms with E-state index in [1.165, 1.54) is 17.9 Å². The number of hydrogen-bond donors (Lipinski definition) is 2. The lowest BCUT2D eigenvalue weighted by Gasteiger charge is -2.36. The number of phenols is 1. The lowest BCUT2D eigenvalue weighted by molar-refractivity contribution is -0.131. The predicted molar refractivity (Wildman–Crippen MR) is 136 cm³/mol. The van der Waals surface area contributed by atoms with Crippen LogP contribution in [0.25, 0.3) is 0 Å². The molecule has 0 saturated carbocycles. The van der Waals surface area contributed by atoms with Gasteiger partial charge in [-0.3, -0.25) is 14.5 Å². The molecule has 2 fully saturated rings. The lowest BCUT2D eigenvalue weighted by atomic mass is 10.2.